The molecule has 3 unspecified atom stereocenters. The lowest BCUT2D eigenvalue weighted by atomic mass is 9.53. The van der Waals surface area contributed by atoms with Gasteiger partial charge >= 0.3 is 0 Å². The third-order valence-electron chi connectivity index (χ3n) is 13.5. The highest BCUT2D eigenvalue weighted by Crippen LogP contribution is 2.60. The van der Waals surface area contributed by atoms with Gasteiger partial charge < -0.3 is 10.3 Å². The normalized spacial score (nSPS) is 17.6. The van der Waals surface area contributed by atoms with Gasteiger partial charge in [0.15, 0.2) is 0 Å². The molecule has 59 heavy (non-hydrogen) atoms. The number of aromatic nitrogens is 1. The monoisotopic (exact) mass is 762 g/mol. The third-order valence-corrected chi connectivity index (χ3v) is 13.5. The van der Waals surface area contributed by atoms with Gasteiger partial charge in [-0.3, -0.25) is 10.6 Å². The van der Waals surface area contributed by atoms with Gasteiger partial charge in [-0.15, -0.1) is 0 Å². The van der Waals surface area contributed by atoms with E-state index in [1.54, 1.807) is 0 Å². The summed E-state index contributed by atoms with van der Waals surface area (Å²) in [6.45, 7) is 4.79. The van der Waals surface area contributed by atoms with Gasteiger partial charge in [0.2, 0.25) is 0 Å². The van der Waals surface area contributed by atoms with Crippen LogP contribution >= 0.6 is 0 Å². The molecule has 1 aliphatic carbocycles. The van der Waals surface area contributed by atoms with Crippen molar-refractivity contribution in [3.05, 3.63) is 244 Å². The van der Waals surface area contributed by atoms with Crippen LogP contribution in [-0.2, 0) is 16.5 Å². The van der Waals surface area contributed by atoms with Gasteiger partial charge in [0, 0.05) is 16.2 Å². The highest BCUT2D eigenvalue weighted by atomic mass is 15.2. The predicted molar refractivity (Wildman–Crippen MR) is 243 cm³/mol. The van der Waals surface area contributed by atoms with Gasteiger partial charge in [-0.05, 0) is 80.4 Å². The Morgan fingerprint density at radius 2 is 1.08 bits per heavy atom. The zero-order valence-corrected chi connectivity index (χ0v) is 33.6. The summed E-state index contributed by atoms with van der Waals surface area (Å²) in [6.07, 6.45) is -0.460. The van der Waals surface area contributed by atoms with Gasteiger partial charge in [-0.2, -0.15) is 0 Å². The lowest BCUT2D eigenvalue weighted by molar-refractivity contribution is 0.301. The summed E-state index contributed by atoms with van der Waals surface area (Å²) in [6, 6.07) is 71.1. The molecule has 11 rings (SSSR count). The van der Waals surface area contributed by atoms with Crippen LogP contribution in [0.4, 0.5) is 0 Å². The maximum atomic E-state index is 7.14. The number of nitrogens with zero attached hydrogens (tertiary/aromatic N) is 1. The largest absolute Gasteiger partial charge is 0.312 e. The minimum absolute atomic E-state index is 0.335. The Kier molecular flexibility index (Phi) is 7.98. The van der Waals surface area contributed by atoms with Crippen molar-refractivity contribution in [2.24, 2.45) is 5.73 Å². The summed E-state index contributed by atoms with van der Waals surface area (Å²) in [4.78, 5) is 0. The summed E-state index contributed by atoms with van der Waals surface area (Å²) in [5, 5.41) is 10.3. The number of benzene rings is 8. The molecule has 0 saturated carbocycles. The van der Waals surface area contributed by atoms with Crippen molar-refractivity contribution in [3.8, 4) is 16.8 Å². The SMILES string of the molecule is CNC(NC(N)c1ccccc1)(c1ccc(-c2ccccc2)cc1)c1ccc2c(c1)C(C)(C)c1ccccc1C21c2ccccc2-n2c3ccccc3c3cccc1c32. The standard InChI is InChI=1S/C55H46N4/c1-53(2)43-23-11-12-24-44(43)54(46-25-13-15-28-50(46)59-49-27-14-10-21-41(49)42-22-16-26-47(54)51(42)59)45-34-33-40(35-48(45)53)55(57-3,58-52(56)38-19-8-5-9-20-38)39-31-29-37(30-32-39)36-17-6-4-7-18-36/h4-35,52,57-58H,56H2,1-3H3. The van der Waals surface area contributed by atoms with Gasteiger partial charge in [0.25, 0.3) is 0 Å². The highest BCUT2D eigenvalue weighted by molar-refractivity contribution is 6.12. The first-order valence-corrected chi connectivity index (χ1v) is 20.7. The Balaban J connectivity index is 1.20. The Morgan fingerprint density at radius 1 is 0.508 bits per heavy atom. The predicted octanol–water partition coefficient (Wildman–Crippen LogP) is 11.5. The maximum absolute atomic E-state index is 7.14. The topological polar surface area (TPSA) is 55.0 Å². The Morgan fingerprint density at radius 3 is 1.85 bits per heavy atom. The van der Waals surface area contributed by atoms with Crippen molar-refractivity contribution in [3.63, 3.8) is 0 Å². The van der Waals surface area contributed by atoms with Crippen LogP contribution in [0.15, 0.2) is 194 Å². The molecule has 3 atom stereocenters. The lowest BCUT2D eigenvalue weighted by Gasteiger charge is -2.50. The molecule has 2 aliphatic rings. The van der Waals surface area contributed by atoms with E-state index in [9.17, 15) is 0 Å². The molecule has 0 fully saturated rings. The second kappa shape index (κ2) is 13.2. The summed E-state index contributed by atoms with van der Waals surface area (Å²) in [5.74, 6) is 0. The van der Waals surface area contributed by atoms with Crippen LogP contribution in [0.2, 0.25) is 0 Å². The first-order valence-electron chi connectivity index (χ1n) is 20.7. The number of hydrogen-bond acceptors (Lipinski definition) is 3. The highest BCUT2D eigenvalue weighted by Gasteiger charge is 2.53. The van der Waals surface area contributed by atoms with Crippen LogP contribution in [0, 0.1) is 0 Å². The van der Waals surface area contributed by atoms with Gasteiger partial charge in [-0.1, -0.05) is 196 Å². The molecule has 9 aromatic rings. The average molecular weight is 763 g/mol. The summed E-state index contributed by atoms with van der Waals surface area (Å²) >= 11 is 0. The van der Waals surface area contributed by atoms with Crippen LogP contribution in [0.3, 0.4) is 0 Å². The first-order chi connectivity index (χ1) is 28.9. The van der Waals surface area contributed by atoms with E-state index < -0.39 is 17.2 Å². The molecule has 1 spiro atoms. The summed E-state index contributed by atoms with van der Waals surface area (Å²) in [5.41, 5.74) is 22.5. The molecule has 4 nitrogen and oxygen atoms in total. The number of nitrogens with two attached hydrogens (primary N) is 1. The van der Waals surface area contributed by atoms with E-state index in [4.69, 9.17) is 5.73 Å². The van der Waals surface area contributed by atoms with Gasteiger partial charge in [-0.25, -0.2) is 0 Å². The Bertz CT molecular complexity index is 3050. The fraction of sp³-hybridized carbons (Fsp3) is 0.127. The molecule has 0 radical (unpaired) electrons. The van der Waals surface area contributed by atoms with E-state index in [-0.39, 0.29) is 5.41 Å². The third kappa shape index (κ3) is 4.95. The van der Waals surface area contributed by atoms with Crippen molar-refractivity contribution in [1.29, 1.82) is 0 Å². The quantitative estimate of drug-likeness (QED) is 0.142. The maximum Gasteiger partial charge on any atom is 0.123 e. The smallest absolute Gasteiger partial charge is 0.123 e. The van der Waals surface area contributed by atoms with Crippen molar-refractivity contribution in [1.82, 2.24) is 15.2 Å². The van der Waals surface area contributed by atoms with Crippen LogP contribution in [0.25, 0.3) is 38.6 Å². The minimum Gasteiger partial charge on any atom is -0.312 e. The second-order valence-corrected chi connectivity index (χ2v) is 16.7. The van der Waals surface area contributed by atoms with Crippen LogP contribution in [0.5, 0.6) is 0 Å². The molecule has 0 saturated heterocycles. The van der Waals surface area contributed by atoms with E-state index in [2.05, 4.69) is 205 Å². The van der Waals surface area contributed by atoms with Gasteiger partial charge in [0.1, 0.15) is 5.66 Å². The number of hydrogen-bond donors (Lipinski definition) is 3. The van der Waals surface area contributed by atoms with Crippen LogP contribution in [0.1, 0.15) is 70.1 Å². The molecule has 0 bridgehead atoms. The lowest BCUT2D eigenvalue weighted by Crippen LogP contribution is -2.56. The van der Waals surface area contributed by atoms with E-state index in [0.29, 0.717) is 0 Å². The average Bonchev–Trinajstić information content (AvgIpc) is 3.64. The number of para-hydroxylation sites is 3. The van der Waals surface area contributed by atoms with Crippen molar-refractivity contribution < 1.29 is 0 Å². The number of fused-ring (bicyclic) bond motifs is 11. The molecule has 4 heteroatoms. The van der Waals surface area contributed by atoms with E-state index in [1.165, 1.54) is 72.0 Å². The molecule has 286 valence electrons. The van der Waals surface area contributed by atoms with Crippen molar-refractivity contribution >= 4 is 21.8 Å². The molecule has 1 aliphatic heterocycles. The molecule has 1 aromatic heterocycles. The molecule has 0 amide bonds. The summed E-state index contributed by atoms with van der Waals surface area (Å²) in [7, 11) is 2.04. The molecular formula is C55H46N4. The van der Waals surface area contributed by atoms with Gasteiger partial charge in [0.05, 0.1) is 28.3 Å². The fourth-order valence-corrected chi connectivity index (χ4v) is 10.8. The van der Waals surface area contributed by atoms with E-state index in [0.717, 1.165) is 16.7 Å². The minimum atomic E-state index is -0.851. The Hall–Kier alpha value is -6.56. The molecular weight excluding hydrogens is 717 g/mol. The Labute approximate surface area is 346 Å². The number of nitrogens with one attached hydrogen (secondary N) is 2. The molecule has 2 heterocycles. The van der Waals surface area contributed by atoms with E-state index >= 15 is 0 Å². The summed E-state index contributed by atoms with van der Waals surface area (Å²) < 4.78 is 2.51. The van der Waals surface area contributed by atoms with Crippen molar-refractivity contribution in [2.45, 2.75) is 36.5 Å². The fourth-order valence-electron chi connectivity index (χ4n) is 10.8. The molecule has 4 N–H and O–H groups in total. The van der Waals surface area contributed by atoms with Crippen molar-refractivity contribution in [2.75, 3.05) is 7.05 Å². The zero-order valence-electron chi connectivity index (χ0n) is 33.6. The second-order valence-electron chi connectivity index (χ2n) is 16.7. The molecule has 8 aromatic carbocycles. The van der Waals surface area contributed by atoms with Crippen LogP contribution < -0.4 is 16.4 Å². The van der Waals surface area contributed by atoms with E-state index in [1.807, 2.05) is 25.2 Å². The first kappa shape index (κ1) is 35.6. The number of rotatable bonds is 7. The van der Waals surface area contributed by atoms with Crippen LogP contribution in [-0.4, -0.2) is 11.6 Å². The zero-order chi connectivity index (χ0) is 39.9.